The van der Waals surface area contributed by atoms with E-state index < -0.39 is 13.8 Å². The van der Waals surface area contributed by atoms with Gasteiger partial charge in [0.15, 0.2) is 5.82 Å². The fraction of sp³-hybridized carbons (Fsp3) is 0.375. The minimum atomic E-state index is -1.17. The Labute approximate surface area is 153 Å². The van der Waals surface area contributed by atoms with Crippen molar-refractivity contribution >= 4 is 34.9 Å². The molecule has 0 saturated carbocycles. The number of fused-ring (bicyclic) bond motifs is 1. The molecule has 25 heavy (non-hydrogen) atoms. The third-order valence-electron chi connectivity index (χ3n) is 3.85. The second-order valence-electron chi connectivity index (χ2n) is 7.09. The average molecular weight is 428 g/mol. The normalized spacial score (nSPS) is 12.2. The number of ether oxygens (including phenoxy) is 1. The van der Waals surface area contributed by atoms with Gasteiger partial charge in [-0.25, -0.2) is 9.18 Å². The number of nitrogens with one attached hydrogen (secondary N) is 1. The fourth-order valence-corrected chi connectivity index (χ4v) is 3.57. The second-order valence-corrected chi connectivity index (χ2v) is 13.6. The van der Waals surface area contributed by atoms with Gasteiger partial charge in [-0.1, -0.05) is 24.8 Å². The highest BCUT2D eigenvalue weighted by atomic mass is 79.9. The maximum Gasteiger partial charge on any atom is 0.439 e. The first-order chi connectivity index (χ1) is 11.7. The Hall–Kier alpha value is -1.71. The fourth-order valence-electron chi connectivity index (χ4n) is 2.47. The first-order valence-corrected chi connectivity index (χ1v) is 12.4. The Morgan fingerprint density at radius 3 is 2.80 bits per heavy atom. The van der Waals surface area contributed by atoms with Crippen LogP contribution in [0.5, 0.6) is 0 Å². The lowest BCUT2D eigenvalue weighted by Gasteiger charge is -2.15. The van der Waals surface area contributed by atoms with E-state index in [-0.39, 0.29) is 5.82 Å². The molecule has 1 aromatic carbocycles. The number of nitrogens with zero attached hydrogens (tertiary/aromatic N) is 2. The Kier molecular flexibility index (Phi) is 4.98. The summed E-state index contributed by atoms with van der Waals surface area (Å²) in [5.74, 6) is -0.702. The number of hydrogen-bond donors (Lipinski definition) is 1. The molecule has 9 heteroatoms. The van der Waals surface area contributed by atoms with Crippen LogP contribution in [-0.4, -0.2) is 29.4 Å². The lowest BCUT2D eigenvalue weighted by atomic mass is 10.1. The van der Waals surface area contributed by atoms with Crippen LogP contribution in [0.25, 0.3) is 22.3 Å². The van der Waals surface area contributed by atoms with Crippen LogP contribution in [0.1, 0.15) is 0 Å². The standard InChI is InChI=1S/C16H19BrFN3O3Si/c1-25(2,3)5-4-23-9-21-8-11(15-19-16(22)24-20-15)10-6-12(17)13(18)7-14(10)21/h6-8H,4-5,9H2,1-3H3,(H,19,20,22). The molecule has 6 nitrogen and oxygen atoms in total. The molecule has 0 fully saturated rings. The van der Waals surface area contributed by atoms with Crippen LogP contribution >= 0.6 is 15.9 Å². The molecule has 3 aromatic rings. The molecule has 134 valence electrons. The SMILES string of the molecule is C[Si](C)(C)CCOCn1cc(-c2noc(=O)[nH]2)c2cc(Br)c(F)cc21. The molecular formula is C16H19BrFN3O3Si. The Balaban J connectivity index is 1.95. The topological polar surface area (TPSA) is 73.0 Å². The second kappa shape index (κ2) is 6.89. The summed E-state index contributed by atoms with van der Waals surface area (Å²) >= 11 is 3.20. The summed E-state index contributed by atoms with van der Waals surface area (Å²) in [6.07, 6.45) is 1.78. The van der Waals surface area contributed by atoms with Crippen molar-refractivity contribution in [2.75, 3.05) is 6.61 Å². The molecule has 0 bridgehead atoms. The van der Waals surface area contributed by atoms with Gasteiger partial charge in [0.25, 0.3) is 0 Å². The van der Waals surface area contributed by atoms with E-state index in [2.05, 4.69) is 50.2 Å². The van der Waals surface area contributed by atoms with E-state index in [1.165, 1.54) is 6.07 Å². The molecule has 1 N–H and O–H groups in total. The summed E-state index contributed by atoms with van der Waals surface area (Å²) < 4.78 is 26.5. The Morgan fingerprint density at radius 2 is 2.16 bits per heavy atom. The van der Waals surface area contributed by atoms with Crippen molar-refractivity contribution in [2.24, 2.45) is 0 Å². The van der Waals surface area contributed by atoms with Crippen molar-refractivity contribution in [1.29, 1.82) is 0 Å². The van der Waals surface area contributed by atoms with E-state index in [1.807, 2.05) is 0 Å². The van der Waals surface area contributed by atoms with Crippen LogP contribution in [0, 0.1) is 5.82 Å². The number of halogens is 2. The molecule has 0 atom stereocenters. The summed E-state index contributed by atoms with van der Waals surface area (Å²) in [6, 6.07) is 4.14. The smallest absolute Gasteiger partial charge is 0.361 e. The summed E-state index contributed by atoms with van der Waals surface area (Å²) in [6.45, 7) is 7.81. The van der Waals surface area contributed by atoms with Gasteiger partial charge in [-0.05, 0) is 34.1 Å². The highest BCUT2D eigenvalue weighted by Gasteiger charge is 2.17. The molecule has 3 rings (SSSR count). The zero-order valence-corrected chi connectivity index (χ0v) is 16.8. The van der Waals surface area contributed by atoms with Gasteiger partial charge in [-0.3, -0.25) is 9.51 Å². The van der Waals surface area contributed by atoms with Gasteiger partial charge in [-0.2, -0.15) is 0 Å². The van der Waals surface area contributed by atoms with Gasteiger partial charge in [0.1, 0.15) is 12.5 Å². The summed E-state index contributed by atoms with van der Waals surface area (Å²) in [5.41, 5.74) is 1.31. The van der Waals surface area contributed by atoms with Crippen molar-refractivity contribution in [2.45, 2.75) is 32.4 Å². The number of rotatable bonds is 6. The lowest BCUT2D eigenvalue weighted by molar-refractivity contribution is 0.0903. The average Bonchev–Trinajstić information content (AvgIpc) is 3.08. The van der Waals surface area contributed by atoms with Crippen molar-refractivity contribution in [3.05, 3.63) is 39.2 Å². The molecule has 0 radical (unpaired) electrons. The number of aromatic nitrogens is 3. The molecule has 0 unspecified atom stereocenters. The number of benzene rings is 1. The molecule has 0 saturated heterocycles. The van der Waals surface area contributed by atoms with E-state index >= 15 is 0 Å². The first kappa shape index (κ1) is 18.1. The predicted molar refractivity (Wildman–Crippen MR) is 99.8 cm³/mol. The third kappa shape index (κ3) is 4.10. The van der Waals surface area contributed by atoms with E-state index in [1.54, 1.807) is 16.8 Å². The van der Waals surface area contributed by atoms with E-state index in [0.29, 0.717) is 34.7 Å². The molecule has 2 heterocycles. The van der Waals surface area contributed by atoms with Gasteiger partial charge in [0.2, 0.25) is 0 Å². The van der Waals surface area contributed by atoms with Gasteiger partial charge in [-0.15, -0.1) is 0 Å². The van der Waals surface area contributed by atoms with Crippen LogP contribution < -0.4 is 5.76 Å². The molecule has 0 aliphatic rings. The molecular weight excluding hydrogens is 409 g/mol. The Morgan fingerprint density at radius 1 is 1.40 bits per heavy atom. The molecule has 0 aliphatic heterocycles. The maximum atomic E-state index is 14.0. The highest BCUT2D eigenvalue weighted by Crippen LogP contribution is 2.32. The van der Waals surface area contributed by atoms with Gasteiger partial charge < -0.3 is 9.30 Å². The molecule has 0 spiro atoms. The quantitative estimate of drug-likeness (QED) is 0.472. The van der Waals surface area contributed by atoms with E-state index in [0.717, 1.165) is 11.4 Å². The summed E-state index contributed by atoms with van der Waals surface area (Å²) in [4.78, 5) is 13.8. The van der Waals surface area contributed by atoms with Crippen molar-refractivity contribution < 1.29 is 13.7 Å². The maximum absolute atomic E-state index is 14.0. The number of H-pyrrole nitrogens is 1. The summed E-state index contributed by atoms with van der Waals surface area (Å²) in [5, 5.41) is 4.47. The third-order valence-corrected chi connectivity index (χ3v) is 6.16. The van der Waals surface area contributed by atoms with Crippen LogP contribution in [0.2, 0.25) is 25.7 Å². The van der Waals surface area contributed by atoms with E-state index in [4.69, 9.17) is 4.74 Å². The van der Waals surface area contributed by atoms with Crippen LogP contribution in [-0.2, 0) is 11.5 Å². The largest absolute Gasteiger partial charge is 0.439 e. The van der Waals surface area contributed by atoms with Crippen molar-refractivity contribution in [3.63, 3.8) is 0 Å². The number of hydrogen-bond acceptors (Lipinski definition) is 4. The van der Waals surface area contributed by atoms with Crippen LogP contribution in [0.15, 0.2) is 32.1 Å². The highest BCUT2D eigenvalue weighted by molar-refractivity contribution is 9.10. The zero-order chi connectivity index (χ0) is 18.2. The van der Waals surface area contributed by atoms with Gasteiger partial charge >= 0.3 is 5.76 Å². The lowest BCUT2D eigenvalue weighted by Crippen LogP contribution is -2.21. The van der Waals surface area contributed by atoms with Gasteiger partial charge in [0, 0.05) is 31.8 Å². The molecule has 2 aromatic heterocycles. The van der Waals surface area contributed by atoms with Crippen molar-refractivity contribution in [3.8, 4) is 11.4 Å². The minimum absolute atomic E-state index is 0.296. The monoisotopic (exact) mass is 427 g/mol. The first-order valence-electron chi connectivity index (χ1n) is 7.86. The zero-order valence-electron chi connectivity index (χ0n) is 14.2. The van der Waals surface area contributed by atoms with E-state index in [9.17, 15) is 9.18 Å². The molecule has 0 aliphatic carbocycles. The Bertz CT molecular complexity index is 958. The number of aromatic amines is 1. The van der Waals surface area contributed by atoms with Gasteiger partial charge in [0.05, 0.1) is 9.99 Å². The minimum Gasteiger partial charge on any atom is -0.361 e. The predicted octanol–water partition coefficient (Wildman–Crippen LogP) is 4.20. The van der Waals surface area contributed by atoms with Crippen LogP contribution in [0.4, 0.5) is 4.39 Å². The van der Waals surface area contributed by atoms with Crippen molar-refractivity contribution in [1.82, 2.24) is 14.7 Å². The summed E-state index contributed by atoms with van der Waals surface area (Å²) in [7, 11) is -1.17. The van der Waals surface area contributed by atoms with Crippen LogP contribution in [0.3, 0.4) is 0 Å². The molecule has 0 amide bonds.